The van der Waals surface area contributed by atoms with Crippen molar-refractivity contribution in [3.05, 3.63) is 47.4 Å². The zero-order valence-electron chi connectivity index (χ0n) is 18.9. The Morgan fingerprint density at radius 3 is 2.69 bits per heavy atom. The summed E-state index contributed by atoms with van der Waals surface area (Å²) in [6.45, 7) is 1.87. The summed E-state index contributed by atoms with van der Waals surface area (Å²) >= 11 is 5.86. The Balaban J connectivity index is 1.30. The van der Waals surface area contributed by atoms with Gasteiger partial charge in [0.2, 0.25) is 17.6 Å². The number of anilines is 2. The molecule has 4 heterocycles. The normalized spacial score (nSPS) is 20.6. The van der Waals surface area contributed by atoms with Crippen LogP contribution in [0.15, 0.2) is 41.1 Å². The maximum absolute atomic E-state index is 13.2. The van der Waals surface area contributed by atoms with Crippen molar-refractivity contribution in [2.45, 2.75) is 31.7 Å². The van der Waals surface area contributed by atoms with E-state index in [0.29, 0.717) is 47.9 Å². The molecule has 1 aliphatic heterocycles. The van der Waals surface area contributed by atoms with Crippen molar-refractivity contribution < 1.29 is 18.8 Å². The SMILES string of the molecule is O=C(Nc1ccc(Cl)cn1)c1oc2cccnc2c1NC(=O)[C@H]1CC[C@H](N2CCNCC2=O)CC1. The second-order valence-corrected chi connectivity index (χ2v) is 9.17. The summed E-state index contributed by atoms with van der Waals surface area (Å²) in [6.07, 6.45) is 5.85. The molecule has 3 aromatic heterocycles. The molecule has 182 valence electrons. The number of nitrogens with one attached hydrogen (secondary N) is 3. The van der Waals surface area contributed by atoms with Gasteiger partial charge >= 0.3 is 0 Å². The Morgan fingerprint density at radius 2 is 1.94 bits per heavy atom. The van der Waals surface area contributed by atoms with Crippen LogP contribution in [0.1, 0.15) is 36.2 Å². The van der Waals surface area contributed by atoms with E-state index in [1.165, 1.54) is 6.20 Å². The lowest BCUT2D eigenvalue weighted by molar-refractivity contribution is -0.135. The minimum Gasteiger partial charge on any atom is -0.447 e. The second kappa shape index (κ2) is 10.0. The number of carbonyl (C=O) groups is 3. The van der Waals surface area contributed by atoms with Crippen LogP contribution in [0.2, 0.25) is 5.02 Å². The molecular weight excluding hydrogens is 472 g/mol. The minimum atomic E-state index is -0.561. The van der Waals surface area contributed by atoms with Gasteiger partial charge in [0.05, 0.1) is 11.6 Å². The molecule has 3 amide bonds. The van der Waals surface area contributed by atoms with Crippen LogP contribution in [0.25, 0.3) is 11.1 Å². The molecule has 0 aromatic carbocycles. The van der Waals surface area contributed by atoms with Gasteiger partial charge in [-0.05, 0) is 49.9 Å². The van der Waals surface area contributed by atoms with Crippen LogP contribution < -0.4 is 16.0 Å². The maximum Gasteiger partial charge on any atom is 0.294 e. The summed E-state index contributed by atoms with van der Waals surface area (Å²) in [4.78, 5) is 48.7. The third-order valence-corrected chi connectivity index (χ3v) is 6.73. The monoisotopic (exact) mass is 496 g/mol. The average molecular weight is 497 g/mol. The summed E-state index contributed by atoms with van der Waals surface area (Å²) in [5, 5.41) is 9.09. The summed E-state index contributed by atoms with van der Waals surface area (Å²) in [5.74, 6) is -0.622. The maximum atomic E-state index is 13.2. The molecule has 0 radical (unpaired) electrons. The lowest BCUT2D eigenvalue weighted by atomic mass is 9.84. The highest BCUT2D eigenvalue weighted by atomic mass is 35.5. The number of piperazine rings is 1. The Bertz CT molecular complexity index is 1250. The third kappa shape index (κ3) is 4.98. The lowest BCUT2D eigenvalue weighted by Crippen LogP contribution is -2.53. The highest BCUT2D eigenvalue weighted by Crippen LogP contribution is 2.33. The molecule has 5 rings (SSSR count). The number of rotatable bonds is 5. The van der Waals surface area contributed by atoms with E-state index in [-0.39, 0.29) is 35.2 Å². The van der Waals surface area contributed by atoms with E-state index in [1.54, 1.807) is 30.5 Å². The van der Waals surface area contributed by atoms with Gasteiger partial charge in [0.25, 0.3) is 5.91 Å². The van der Waals surface area contributed by atoms with Crippen molar-refractivity contribution in [3.8, 4) is 0 Å². The van der Waals surface area contributed by atoms with Gasteiger partial charge in [-0.15, -0.1) is 0 Å². The number of furan rings is 1. The van der Waals surface area contributed by atoms with E-state index >= 15 is 0 Å². The zero-order chi connectivity index (χ0) is 24.4. The highest BCUT2D eigenvalue weighted by Gasteiger charge is 2.33. The lowest BCUT2D eigenvalue weighted by Gasteiger charge is -2.38. The van der Waals surface area contributed by atoms with Crippen LogP contribution in [-0.4, -0.2) is 58.3 Å². The quantitative estimate of drug-likeness (QED) is 0.495. The van der Waals surface area contributed by atoms with Crippen LogP contribution in [0.5, 0.6) is 0 Å². The Morgan fingerprint density at radius 1 is 1.11 bits per heavy atom. The third-order valence-electron chi connectivity index (χ3n) is 6.50. The molecule has 10 nitrogen and oxygen atoms in total. The van der Waals surface area contributed by atoms with E-state index in [4.69, 9.17) is 16.0 Å². The van der Waals surface area contributed by atoms with Crippen LogP contribution in [-0.2, 0) is 9.59 Å². The summed E-state index contributed by atoms with van der Waals surface area (Å²) in [6, 6.07) is 6.72. The molecule has 35 heavy (non-hydrogen) atoms. The van der Waals surface area contributed by atoms with Crippen molar-refractivity contribution in [3.63, 3.8) is 0 Å². The number of carbonyl (C=O) groups excluding carboxylic acids is 3. The second-order valence-electron chi connectivity index (χ2n) is 8.73. The minimum absolute atomic E-state index is 0.0519. The van der Waals surface area contributed by atoms with Gasteiger partial charge in [0.15, 0.2) is 5.58 Å². The van der Waals surface area contributed by atoms with Gasteiger partial charge < -0.3 is 25.3 Å². The van der Waals surface area contributed by atoms with Gasteiger partial charge in [-0.3, -0.25) is 19.4 Å². The predicted molar refractivity (Wildman–Crippen MR) is 130 cm³/mol. The number of pyridine rings is 2. The predicted octanol–water partition coefficient (Wildman–Crippen LogP) is 3.06. The fourth-order valence-electron chi connectivity index (χ4n) is 4.71. The number of halogens is 1. The Hall–Kier alpha value is -3.50. The molecule has 1 saturated heterocycles. The Labute approximate surface area is 206 Å². The molecule has 0 atom stereocenters. The molecule has 0 bridgehead atoms. The number of amides is 3. The van der Waals surface area contributed by atoms with E-state index in [0.717, 1.165) is 19.4 Å². The average Bonchev–Trinajstić information content (AvgIpc) is 3.24. The molecule has 1 aliphatic carbocycles. The molecule has 1 saturated carbocycles. The van der Waals surface area contributed by atoms with Crippen molar-refractivity contribution in [1.82, 2.24) is 20.2 Å². The van der Waals surface area contributed by atoms with Crippen molar-refractivity contribution in [2.75, 3.05) is 30.3 Å². The molecule has 0 spiro atoms. The van der Waals surface area contributed by atoms with E-state index < -0.39 is 5.91 Å². The topological polar surface area (TPSA) is 129 Å². The smallest absolute Gasteiger partial charge is 0.294 e. The number of nitrogens with zero attached hydrogens (tertiary/aromatic N) is 3. The number of aromatic nitrogens is 2. The molecular formula is C24H25ClN6O4. The first kappa shape index (κ1) is 23.3. The van der Waals surface area contributed by atoms with Gasteiger partial charge in [-0.25, -0.2) is 4.98 Å². The summed E-state index contributed by atoms with van der Waals surface area (Å²) in [7, 11) is 0. The van der Waals surface area contributed by atoms with E-state index in [2.05, 4.69) is 25.9 Å². The van der Waals surface area contributed by atoms with Crippen LogP contribution in [0, 0.1) is 5.92 Å². The molecule has 2 aliphatic rings. The first-order chi connectivity index (χ1) is 17.0. The van der Waals surface area contributed by atoms with E-state index in [1.807, 2.05) is 4.90 Å². The number of hydrogen-bond acceptors (Lipinski definition) is 7. The molecule has 3 aromatic rings. The molecule has 2 fully saturated rings. The van der Waals surface area contributed by atoms with Gasteiger partial charge in [0, 0.05) is 37.4 Å². The first-order valence-corrected chi connectivity index (χ1v) is 12.0. The van der Waals surface area contributed by atoms with Gasteiger partial charge in [0.1, 0.15) is 17.0 Å². The number of fused-ring (bicyclic) bond motifs is 1. The van der Waals surface area contributed by atoms with Crippen molar-refractivity contribution in [2.24, 2.45) is 5.92 Å². The molecule has 3 N–H and O–H groups in total. The van der Waals surface area contributed by atoms with Gasteiger partial charge in [-0.2, -0.15) is 0 Å². The van der Waals surface area contributed by atoms with Crippen LogP contribution in [0.3, 0.4) is 0 Å². The highest BCUT2D eigenvalue weighted by molar-refractivity contribution is 6.30. The fraction of sp³-hybridized carbons (Fsp3) is 0.375. The standard InChI is InChI=1S/C24H25ClN6O4/c25-15-5-8-18(28-12-15)29-24(34)22-21(20-17(35-22)2-1-9-27-20)30-23(33)14-3-6-16(7-4-14)31-11-10-26-13-19(31)32/h1-2,5,8-9,12,14,16,26H,3-4,6-7,10-11,13H2,(H,30,33)(H,28,29,34)/t14-,16-. The van der Waals surface area contributed by atoms with Crippen LogP contribution in [0.4, 0.5) is 11.5 Å². The van der Waals surface area contributed by atoms with Crippen LogP contribution >= 0.6 is 11.6 Å². The Kier molecular flexibility index (Phi) is 6.65. The first-order valence-electron chi connectivity index (χ1n) is 11.6. The molecule has 0 unspecified atom stereocenters. The molecule has 11 heteroatoms. The van der Waals surface area contributed by atoms with Gasteiger partial charge in [-0.1, -0.05) is 11.6 Å². The van der Waals surface area contributed by atoms with E-state index in [9.17, 15) is 14.4 Å². The summed E-state index contributed by atoms with van der Waals surface area (Å²) < 4.78 is 5.76. The largest absolute Gasteiger partial charge is 0.447 e. The number of hydrogen-bond donors (Lipinski definition) is 3. The fourth-order valence-corrected chi connectivity index (χ4v) is 4.82. The zero-order valence-corrected chi connectivity index (χ0v) is 19.7. The summed E-state index contributed by atoms with van der Waals surface area (Å²) in [5.41, 5.74) is 1.02. The van der Waals surface area contributed by atoms with Crippen molar-refractivity contribution in [1.29, 1.82) is 0 Å². The van der Waals surface area contributed by atoms with Crippen molar-refractivity contribution >= 4 is 51.9 Å².